The molecule has 0 N–H and O–H groups in total. The van der Waals surface area contributed by atoms with Gasteiger partial charge in [0.15, 0.2) is 5.82 Å². The fourth-order valence-corrected chi connectivity index (χ4v) is 4.45. The van der Waals surface area contributed by atoms with E-state index in [-0.39, 0.29) is 0 Å². The van der Waals surface area contributed by atoms with Crippen molar-refractivity contribution in [3.8, 4) is 0 Å². The predicted octanol–water partition coefficient (Wildman–Crippen LogP) is 1.62. The Bertz CT molecular complexity index is 860. The Morgan fingerprint density at radius 1 is 0.724 bits per heavy atom. The molecule has 2 saturated heterocycles. The van der Waals surface area contributed by atoms with E-state index in [2.05, 4.69) is 42.0 Å². The van der Waals surface area contributed by atoms with E-state index in [1.165, 1.54) is 24.1 Å². The van der Waals surface area contributed by atoms with Gasteiger partial charge in [-0.2, -0.15) is 5.10 Å². The number of anilines is 3. The van der Waals surface area contributed by atoms with Gasteiger partial charge in [-0.05, 0) is 44.2 Å². The average Bonchev–Trinajstić information content (AvgIpc) is 2.79. The third kappa shape index (κ3) is 3.99. The molecule has 0 aromatic carbocycles. The van der Waals surface area contributed by atoms with Crippen molar-refractivity contribution in [2.24, 2.45) is 0 Å². The number of fused-ring (bicyclic) bond motifs is 1. The molecule has 0 bridgehead atoms. The first-order chi connectivity index (χ1) is 14.3. The van der Waals surface area contributed by atoms with Gasteiger partial charge in [0.1, 0.15) is 17.5 Å². The van der Waals surface area contributed by atoms with Gasteiger partial charge in [0.2, 0.25) is 0 Å². The lowest BCUT2D eigenvalue weighted by Gasteiger charge is -2.36. The Morgan fingerprint density at radius 2 is 1.34 bits per heavy atom. The number of hydrogen-bond donors (Lipinski definition) is 0. The minimum atomic E-state index is 0.763. The highest BCUT2D eigenvalue weighted by molar-refractivity contribution is 5.53. The van der Waals surface area contributed by atoms with E-state index in [1.807, 2.05) is 6.92 Å². The molecule has 0 amide bonds. The third-order valence-corrected chi connectivity index (χ3v) is 6.13. The fraction of sp³-hybridized carbons (Fsp3) is 0.619. The summed E-state index contributed by atoms with van der Waals surface area (Å²) in [6.45, 7) is 9.01. The first-order valence-corrected chi connectivity index (χ1v) is 10.8. The van der Waals surface area contributed by atoms with Gasteiger partial charge in [0.05, 0.1) is 18.9 Å². The standard InChI is InChI=1S/C21H29N7O/c1-16-22-19(15-20(23-16)28-10-12-29-13-11-28)26-6-8-27(9-7-26)21-14-17-4-2-3-5-18(17)24-25-21/h14-15H,2-13H2,1H3. The van der Waals surface area contributed by atoms with Crippen molar-refractivity contribution in [1.82, 2.24) is 20.2 Å². The van der Waals surface area contributed by atoms with Gasteiger partial charge >= 0.3 is 0 Å². The summed E-state index contributed by atoms with van der Waals surface area (Å²) < 4.78 is 5.47. The molecule has 0 saturated carbocycles. The molecule has 154 valence electrons. The molecular formula is C21H29N7O. The Morgan fingerprint density at radius 3 is 2.07 bits per heavy atom. The van der Waals surface area contributed by atoms with Crippen molar-refractivity contribution in [2.75, 3.05) is 67.2 Å². The summed E-state index contributed by atoms with van der Waals surface area (Å²) in [4.78, 5) is 16.4. The summed E-state index contributed by atoms with van der Waals surface area (Å²) in [6.07, 6.45) is 4.73. The highest BCUT2D eigenvalue weighted by atomic mass is 16.5. The zero-order chi connectivity index (χ0) is 19.6. The van der Waals surface area contributed by atoms with Crippen molar-refractivity contribution in [2.45, 2.75) is 32.6 Å². The van der Waals surface area contributed by atoms with E-state index in [0.717, 1.165) is 88.6 Å². The molecule has 3 aliphatic rings. The predicted molar refractivity (Wildman–Crippen MR) is 113 cm³/mol. The highest BCUT2D eigenvalue weighted by Gasteiger charge is 2.23. The zero-order valence-electron chi connectivity index (χ0n) is 17.2. The van der Waals surface area contributed by atoms with Crippen molar-refractivity contribution in [3.63, 3.8) is 0 Å². The fourth-order valence-electron chi connectivity index (χ4n) is 4.45. The lowest BCUT2D eigenvalue weighted by Crippen LogP contribution is -2.47. The lowest BCUT2D eigenvalue weighted by molar-refractivity contribution is 0.122. The number of rotatable bonds is 3. The van der Waals surface area contributed by atoms with Gasteiger partial charge in [-0.3, -0.25) is 0 Å². The summed E-state index contributed by atoms with van der Waals surface area (Å²) >= 11 is 0. The Hall–Kier alpha value is -2.48. The molecule has 5 rings (SSSR count). The number of hydrogen-bond acceptors (Lipinski definition) is 8. The monoisotopic (exact) mass is 395 g/mol. The number of ether oxygens (including phenoxy) is 1. The first kappa shape index (κ1) is 18.5. The number of morpholine rings is 1. The number of nitrogens with zero attached hydrogens (tertiary/aromatic N) is 7. The molecule has 2 aliphatic heterocycles. The van der Waals surface area contributed by atoms with Crippen LogP contribution in [0.5, 0.6) is 0 Å². The largest absolute Gasteiger partial charge is 0.378 e. The zero-order valence-corrected chi connectivity index (χ0v) is 17.2. The molecule has 8 nitrogen and oxygen atoms in total. The quantitative estimate of drug-likeness (QED) is 0.777. The topological polar surface area (TPSA) is 70.5 Å². The summed E-state index contributed by atoms with van der Waals surface area (Å²) in [5, 5.41) is 9.02. The Kier molecular flexibility index (Phi) is 5.18. The minimum Gasteiger partial charge on any atom is -0.378 e. The molecule has 8 heteroatoms. The van der Waals surface area contributed by atoms with Crippen LogP contribution in [-0.2, 0) is 17.6 Å². The maximum atomic E-state index is 5.47. The van der Waals surface area contributed by atoms with Crippen LogP contribution in [0.25, 0.3) is 0 Å². The van der Waals surface area contributed by atoms with E-state index in [9.17, 15) is 0 Å². The van der Waals surface area contributed by atoms with E-state index in [1.54, 1.807) is 0 Å². The molecule has 2 aromatic rings. The molecule has 0 atom stereocenters. The van der Waals surface area contributed by atoms with Gasteiger partial charge in [0.25, 0.3) is 0 Å². The molecule has 0 radical (unpaired) electrons. The minimum absolute atomic E-state index is 0.763. The molecule has 0 spiro atoms. The van der Waals surface area contributed by atoms with Gasteiger partial charge in [-0.15, -0.1) is 5.10 Å². The second-order valence-electron chi connectivity index (χ2n) is 8.09. The second-order valence-corrected chi connectivity index (χ2v) is 8.09. The van der Waals surface area contributed by atoms with E-state index >= 15 is 0 Å². The van der Waals surface area contributed by atoms with Gasteiger partial charge in [0, 0.05) is 45.3 Å². The van der Waals surface area contributed by atoms with Crippen LogP contribution in [0.4, 0.5) is 17.5 Å². The van der Waals surface area contributed by atoms with E-state index in [4.69, 9.17) is 9.72 Å². The smallest absolute Gasteiger partial charge is 0.151 e. The maximum absolute atomic E-state index is 5.47. The number of aromatic nitrogens is 4. The highest BCUT2D eigenvalue weighted by Crippen LogP contribution is 2.25. The molecule has 1 aliphatic carbocycles. The maximum Gasteiger partial charge on any atom is 0.151 e. The lowest BCUT2D eigenvalue weighted by atomic mass is 9.97. The molecule has 29 heavy (non-hydrogen) atoms. The number of piperazine rings is 1. The summed E-state index contributed by atoms with van der Waals surface area (Å²) in [6, 6.07) is 4.40. The van der Waals surface area contributed by atoms with Crippen LogP contribution in [0.2, 0.25) is 0 Å². The van der Waals surface area contributed by atoms with Crippen LogP contribution >= 0.6 is 0 Å². The van der Waals surface area contributed by atoms with Gasteiger partial charge in [-0.25, -0.2) is 9.97 Å². The van der Waals surface area contributed by atoms with Gasteiger partial charge < -0.3 is 19.4 Å². The summed E-state index contributed by atoms with van der Waals surface area (Å²) in [7, 11) is 0. The van der Waals surface area contributed by atoms with E-state index < -0.39 is 0 Å². The number of aryl methyl sites for hydroxylation is 3. The Labute approximate surface area is 171 Å². The molecule has 2 aromatic heterocycles. The SMILES string of the molecule is Cc1nc(N2CCOCC2)cc(N2CCN(c3cc4c(nn3)CCCC4)CC2)n1. The normalized spacial score (nSPS) is 20.0. The van der Waals surface area contributed by atoms with Crippen molar-refractivity contribution < 1.29 is 4.74 Å². The van der Waals surface area contributed by atoms with Crippen molar-refractivity contribution >= 4 is 17.5 Å². The first-order valence-electron chi connectivity index (χ1n) is 10.8. The van der Waals surface area contributed by atoms with E-state index in [0.29, 0.717) is 0 Å². The molecule has 0 unspecified atom stereocenters. The van der Waals surface area contributed by atoms with Crippen LogP contribution in [0, 0.1) is 6.92 Å². The van der Waals surface area contributed by atoms with Crippen molar-refractivity contribution in [3.05, 3.63) is 29.2 Å². The van der Waals surface area contributed by atoms with Crippen LogP contribution in [0.15, 0.2) is 12.1 Å². The molecule has 2 fully saturated rings. The van der Waals surface area contributed by atoms with Crippen LogP contribution in [0.1, 0.15) is 29.9 Å². The van der Waals surface area contributed by atoms with Crippen molar-refractivity contribution in [1.29, 1.82) is 0 Å². The Balaban J connectivity index is 1.27. The molecule has 4 heterocycles. The summed E-state index contributed by atoms with van der Waals surface area (Å²) in [5.41, 5.74) is 2.59. The summed E-state index contributed by atoms with van der Waals surface area (Å²) in [5.74, 6) is 3.89. The van der Waals surface area contributed by atoms with Gasteiger partial charge in [-0.1, -0.05) is 0 Å². The second kappa shape index (κ2) is 8.10. The third-order valence-electron chi connectivity index (χ3n) is 6.13. The van der Waals surface area contributed by atoms with Crippen LogP contribution in [-0.4, -0.2) is 72.6 Å². The van der Waals surface area contributed by atoms with Crippen LogP contribution in [0.3, 0.4) is 0 Å². The molecular weight excluding hydrogens is 366 g/mol. The average molecular weight is 396 g/mol. The van der Waals surface area contributed by atoms with Crippen LogP contribution < -0.4 is 14.7 Å².